The fraction of sp³-hybridized carbons (Fsp3) is 0.571. The molecular weight excluding hydrogens is 230 g/mol. The monoisotopic (exact) mass is 253 g/mol. The molecule has 0 fully saturated rings. The summed E-state index contributed by atoms with van der Waals surface area (Å²) in [5.74, 6) is 1.20. The molecule has 1 rings (SSSR count). The van der Waals surface area contributed by atoms with Gasteiger partial charge in [0.15, 0.2) is 0 Å². The molecule has 3 heteroatoms. The molecule has 0 spiro atoms. The Hall–Kier alpha value is -0.510. The minimum absolute atomic E-state index is 0.290. The molecule has 1 aromatic carbocycles. The molecule has 1 N–H and O–H groups in total. The highest BCUT2D eigenvalue weighted by atomic mass is 32.2. The Labute approximate surface area is 109 Å². The average Bonchev–Trinajstić information content (AvgIpc) is 2.37. The van der Waals surface area contributed by atoms with Crippen LogP contribution in [0.4, 0.5) is 0 Å². The van der Waals surface area contributed by atoms with Crippen molar-refractivity contribution in [2.75, 3.05) is 25.7 Å². The summed E-state index contributed by atoms with van der Waals surface area (Å²) in [7, 11) is 1.75. The average molecular weight is 253 g/mol. The fourth-order valence-electron chi connectivity index (χ4n) is 1.81. The molecule has 0 aliphatic rings. The Balaban J connectivity index is 2.54. The number of hydrogen-bond donors (Lipinski definition) is 1. The van der Waals surface area contributed by atoms with E-state index in [1.54, 1.807) is 7.11 Å². The van der Waals surface area contributed by atoms with E-state index in [-0.39, 0.29) is 6.04 Å². The summed E-state index contributed by atoms with van der Waals surface area (Å²) in [6.07, 6.45) is 3.34. The smallest absolute Gasteiger partial charge is 0.0657 e. The van der Waals surface area contributed by atoms with Gasteiger partial charge in [-0.2, -0.15) is 11.8 Å². The number of nitrogens with one attached hydrogen (secondary N) is 1. The summed E-state index contributed by atoms with van der Waals surface area (Å²) < 4.78 is 5.30. The van der Waals surface area contributed by atoms with Crippen LogP contribution >= 0.6 is 11.8 Å². The van der Waals surface area contributed by atoms with E-state index in [9.17, 15) is 0 Å². The topological polar surface area (TPSA) is 21.3 Å². The van der Waals surface area contributed by atoms with Crippen molar-refractivity contribution in [3.05, 3.63) is 35.9 Å². The Morgan fingerprint density at radius 1 is 1.29 bits per heavy atom. The molecule has 0 aliphatic heterocycles. The zero-order valence-electron chi connectivity index (χ0n) is 11.0. The van der Waals surface area contributed by atoms with Gasteiger partial charge < -0.3 is 10.1 Å². The maximum absolute atomic E-state index is 5.30. The first-order valence-electron chi connectivity index (χ1n) is 6.06. The quantitative estimate of drug-likeness (QED) is 0.769. The highest BCUT2D eigenvalue weighted by Gasteiger charge is 2.13. The molecule has 0 radical (unpaired) electrons. The van der Waals surface area contributed by atoms with Crippen LogP contribution in [0.3, 0.4) is 0 Å². The molecule has 2 atom stereocenters. The van der Waals surface area contributed by atoms with Crippen LogP contribution in [0.15, 0.2) is 30.3 Å². The zero-order chi connectivity index (χ0) is 12.5. The van der Waals surface area contributed by atoms with Gasteiger partial charge in [0, 0.05) is 13.2 Å². The maximum atomic E-state index is 5.30. The number of methoxy groups -OCH3 is 1. The lowest BCUT2D eigenvalue weighted by Crippen LogP contribution is -2.33. The van der Waals surface area contributed by atoms with Gasteiger partial charge in [0.05, 0.1) is 12.6 Å². The van der Waals surface area contributed by atoms with E-state index in [0.717, 1.165) is 0 Å². The fourth-order valence-corrected chi connectivity index (χ4v) is 2.40. The van der Waals surface area contributed by atoms with E-state index in [2.05, 4.69) is 42.8 Å². The lowest BCUT2D eigenvalue weighted by molar-refractivity contribution is 0.161. The molecule has 0 heterocycles. The van der Waals surface area contributed by atoms with Crippen molar-refractivity contribution in [3.8, 4) is 0 Å². The van der Waals surface area contributed by atoms with Crippen molar-refractivity contribution in [2.45, 2.75) is 25.4 Å². The van der Waals surface area contributed by atoms with Crippen molar-refractivity contribution in [1.29, 1.82) is 0 Å². The van der Waals surface area contributed by atoms with Crippen LogP contribution in [0.1, 0.15) is 24.9 Å². The molecule has 0 aromatic heterocycles. The summed E-state index contributed by atoms with van der Waals surface area (Å²) in [6.45, 7) is 2.95. The van der Waals surface area contributed by atoms with Crippen molar-refractivity contribution in [1.82, 2.24) is 5.32 Å². The molecule has 1 aromatic rings. The lowest BCUT2D eigenvalue weighted by Gasteiger charge is -2.23. The second-order valence-corrected chi connectivity index (χ2v) is 5.25. The Bertz CT molecular complexity index is 292. The van der Waals surface area contributed by atoms with Crippen LogP contribution in [0.2, 0.25) is 0 Å². The van der Waals surface area contributed by atoms with E-state index >= 15 is 0 Å². The molecule has 2 unspecified atom stereocenters. The van der Waals surface area contributed by atoms with Gasteiger partial charge in [-0.25, -0.2) is 0 Å². The van der Waals surface area contributed by atoms with Crippen molar-refractivity contribution < 1.29 is 4.74 Å². The molecule has 0 aliphatic carbocycles. The van der Waals surface area contributed by atoms with Crippen LogP contribution in [0.5, 0.6) is 0 Å². The third-order valence-corrected chi connectivity index (χ3v) is 3.42. The lowest BCUT2D eigenvalue weighted by atomic mass is 10.1. The summed E-state index contributed by atoms with van der Waals surface area (Å²) in [4.78, 5) is 0. The number of benzene rings is 1. The second kappa shape index (κ2) is 8.56. The van der Waals surface area contributed by atoms with E-state index in [1.165, 1.54) is 17.7 Å². The van der Waals surface area contributed by atoms with Gasteiger partial charge in [0.2, 0.25) is 0 Å². The van der Waals surface area contributed by atoms with Gasteiger partial charge in [-0.05, 0) is 30.9 Å². The highest BCUT2D eigenvalue weighted by Crippen LogP contribution is 2.14. The Morgan fingerprint density at radius 3 is 2.59 bits per heavy atom. The van der Waals surface area contributed by atoms with Crippen molar-refractivity contribution >= 4 is 11.8 Å². The first-order chi connectivity index (χ1) is 8.27. The molecule has 0 amide bonds. The maximum Gasteiger partial charge on any atom is 0.0657 e. The summed E-state index contributed by atoms with van der Waals surface area (Å²) in [5, 5.41) is 3.63. The molecular formula is C14H23NOS. The third kappa shape index (κ3) is 5.57. The Kier molecular flexibility index (Phi) is 7.33. The van der Waals surface area contributed by atoms with Crippen LogP contribution in [-0.2, 0) is 4.74 Å². The van der Waals surface area contributed by atoms with E-state index in [0.29, 0.717) is 12.6 Å². The van der Waals surface area contributed by atoms with Crippen LogP contribution in [0, 0.1) is 0 Å². The highest BCUT2D eigenvalue weighted by molar-refractivity contribution is 7.98. The van der Waals surface area contributed by atoms with Gasteiger partial charge in [0.25, 0.3) is 0 Å². The molecule has 0 bridgehead atoms. The number of hydrogen-bond acceptors (Lipinski definition) is 3. The van der Waals surface area contributed by atoms with Crippen molar-refractivity contribution in [3.63, 3.8) is 0 Å². The molecule has 0 saturated carbocycles. The van der Waals surface area contributed by atoms with Gasteiger partial charge in [-0.3, -0.25) is 0 Å². The minimum Gasteiger partial charge on any atom is -0.383 e. The van der Waals surface area contributed by atoms with E-state index in [1.807, 2.05) is 17.8 Å². The van der Waals surface area contributed by atoms with Gasteiger partial charge in [0.1, 0.15) is 0 Å². The van der Waals surface area contributed by atoms with Gasteiger partial charge >= 0.3 is 0 Å². The second-order valence-electron chi connectivity index (χ2n) is 4.27. The van der Waals surface area contributed by atoms with Crippen LogP contribution < -0.4 is 5.32 Å². The van der Waals surface area contributed by atoms with Crippen LogP contribution in [-0.4, -0.2) is 31.8 Å². The minimum atomic E-state index is 0.290. The predicted molar refractivity (Wildman–Crippen MR) is 76.7 cm³/mol. The zero-order valence-corrected chi connectivity index (χ0v) is 11.8. The van der Waals surface area contributed by atoms with Crippen LogP contribution in [0.25, 0.3) is 0 Å². The third-order valence-electron chi connectivity index (χ3n) is 2.78. The predicted octanol–water partition coefficient (Wildman–Crippen LogP) is 3.11. The first kappa shape index (κ1) is 14.6. The number of ether oxygens (including phenoxy) is 1. The SMILES string of the molecule is COCC(NC(C)CCSC)c1ccccc1. The summed E-state index contributed by atoms with van der Waals surface area (Å²) in [5.41, 5.74) is 1.30. The molecule has 2 nitrogen and oxygen atoms in total. The van der Waals surface area contributed by atoms with Crippen molar-refractivity contribution in [2.24, 2.45) is 0 Å². The molecule has 96 valence electrons. The summed E-state index contributed by atoms with van der Waals surface area (Å²) in [6, 6.07) is 11.3. The number of rotatable bonds is 8. The van der Waals surface area contributed by atoms with E-state index < -0.39 is 0 Å². The Morgan fingerprint density at radius 2 is 2.00 bits per heavy atom. The van der Waals surface area contributed by atoms with E-state index in [4.69, 9.17) is 4.74 Å². The molecule has 0 saturated heterocycles. The molecule has 17 heavy (non-hydrogen) atoms. The largest absolute Gasteiger partial charge is 0.383 e. The number of thioether (sulfide) groups is 1. The van der Waals surface area contributed by atoms with Gasteiger partial charge in [-0.1, -0.05) is 30.3 Å². The normalized spacial score (nSPS) is 14.5. The van der Waals surface area contributed by atoms with Gasteiger partial charge in [-0.15, -0.1) is 0 Å². The first-order valence-corrected chi connectivity index (χ1v) is 7.46. The standard InChI is InChI=1S/C14H23NOS/c1-12(9-10-17-3)15-14(11-16-2)13-7-5-4-6-8-13/h4-8,12,14-15H,9-11H2,1-3H3. The summed E-state index contributed by atoms with van der Waals surface area (Å²) >= 11 is 1.89.